The maximum absolute atomic E-state index is 10.6. The van der Waals surface area contributed by atoms with E-state index < -0.39 is 6.03 Å². The van der Waals surface area contributed by atoms with Crippen molar-refractivity contribution < 1.29 is 4.79 Å². The van der Waals surface area contributed by atoms with Crippen LogP contribution in [0, 0.1) is 0 Å². The van der Waals surface area contributed by atoms with Crippen molar-refractivity contribution in [3.8, 4) is 0 Å². The molecule has 3 nitrogen and oxygen atoms in total. The van der Waals surface area contributed by atoms with E-state index in [1.165, 1.54) is 161 Å². The zero-order valence-corrected chi connectivity index (χ0v) is 22.1. The van der Waals surface area contributed by atoms with Gasteiger partial charge in [-0.05, 0) is 6.42 Å². The molecule has 0 heterocycles. The van der Waals surface area contributed by atoms with Crippen molar-refractivity contribution in [3.05, 3.63) is 0 Å². The first-order valence-electron chi connectivity index (χ1n) is 14.8. The van der Waals surface area contributed by atoms with Crippen molar-refractivity contribution in [2.45, 2.75) is 174 Å². The average Bonchev–Trinajstić information content (AvgIpc) is 2.78. The van der Waals surface area contributed by atoms with Crippen LogP contribution in [0.25, 0.3) is 0 Å². The van der Waals surface area contributed by atoms with Crippen LogP contribution in [0.4, 0.5) is 4.79 Å². The van der Waals surface area contributed by atoms with Gasteiger partial charge in [-0.2, -0.15) is 0 Å². The van der Waals surface area contributed by atoms with Crippen LogP contribution < -0.4 is 11.1 Å². The number of nitrogens with two attached hydrogens (primary N) is 1. The number of carbonyl (C=O) groups is 1. The van der Waals surface area contributed by atoms with Crippen molar-refractivity contribution in [1.82, 2.24) is 5.32 Å². The molecule has 0 fully saturated rings. The molecule has 0 aromatic carbocycles. The Morgan fingerprint density at radius 3 is 0.875 bits per heavy atom. The average molecular weight is 453 g/mol. The zero-order chi connectivity index (χ0) is 23.4. The highest BCUT2D eigenvalue weighted by Crippen LogP contribution is 2.15. The molecule has 0 saturated heterocycles. The molecule has 0 radical (unpaired) electrons. The van der Waals surface area contributed by atoms with E-state index in [1.807, 2.05) is 0 Å². The third-order valence-corrected chi connectivity index (χ3v) is 6.83. The number of hydrogen-bond acceptors (Lipinski definition) is 1. The van der Waals surface area contributed by atoms with Gasteiger partial charge >= 0.3 is 6.03 Å². The summed E-state index contributed by atoms with van der Waals surface area (Å²) in [5, 5.41) is 2.65. The molecule has 0 aliphatic heterocycles. The molecular formula is C29H60N2O. The Morgan fingerprint density at radius 1 is 0.438 bits per heavy atom. The first kappa shape index (κ1) is 31.3. The summed E-state index contributed by atoms with van der Waals surface area (Å²) in [5.41, 5.74) is 5.05. The number of primary amides is 1. The molecule has 0 atom stereocenters. The SMILES string of the molecule is CCCCCCCCCCCCCCCCCCCCCCCCCCCCNC(N)=O. The van der Waals surface area contributed by atoms with Gasteiger partial charge < -0.3 is 11.1 Å². The summed E-state index contributed by atoms with van der Waals surface area (Å²) in [6.07, 6.45) is 36.8. The van der Waals surface area contributed by atoms with Crippen molar-refractivity contribution >= 4 is 6.03 Å². The Bertz CT molecular complexity index is 359. The summed E-state index contributed by atoms with van der Waals surface area (Å²) in [4.78, 5) is 10.6. The molecule has 0 aliphatic rings. The molecule has 0 bridgehead atoms. The summed E-state index contributed by atoms with van der Waals surface area (Å²) in [7, 11) is 0. The zero-order valence-electron chi connectivity index (χ0n) is 22.1. The van der Waals surface area contributed by atoms with Crippen LogP contribution in [0.1, 0.15) is 174 Å². The first-order chi connectivity index (χ1) is 15.8. The van der Waals surface area contributed by atoms with Crippen LogP contribution in [0.3, 0.4) is 0 Å². The van der Waals surface area contributed by atoms with E-state index in [1.54, 1.807) is 0 Å². The highest BCUT2D eigenvalue weighted by molar-refractivity contribution is 5.71. The smallest absolute Gasteiger partial charge is 0.312 e. The normalized spacial score (nSPS) is 11.2. The second kappa shape index (κ2) is 28.3. The fourth-order valence-corrected chi connectivity index (χ4v) is 4.65. The number of nitrogens with one attached hydrogen (secondary N) is 1. The number of rotatable bonds is 27. The molecule has 192 valence electrons. The van der Waals surface area contributed by atoms with Crippen molar-refractivity contribution in [1.29, 1.82) is 0 Å². The molecule has 2 amide bonds. The maximum atomic E-state index is 10.6. The van der Waals surface area contributed by atoms with Crippen LogP contribution in [0.2, 0.25) is 0 Å². The third-order valence-electron chi connectivity index (χ3n) is 6.83. The van der Waals surface area contributed by atoms with E-state index >= 15 is 0 Å². The fraction of sp³-hybridized carbons (Fsp3) is 0.966. The van der Waals surface area contributed by atoms with E-state index in [4.69, 9.17) is 5.73 Å². The van der Waals surface area contributed by atoms with Crippen LogP contribution >= 0.6 is 0 Å². The summed E-state index contributed by atoms with van der Waals surface area (Å²) >= 11 is 0. The second-order valence-corrected chi connectivity index (χ2v) is 10.1. The number of amides is 2. The van der Waals surface area contributed by atoms with Gasteiger partial charge in [0.1, 0.15) is 0 Å². The Morgan fingerprint density at radius 2 is 0.656 bits per heavy atom. The van der Waals surface area contributed by atoms with Crippen LogP contribution in [0.5, 0.6) is 0 Å². The maximum Gasteiger partial charge on any atom is 0.312 e. The van der Waals surface area contributed by atoms with Crippen LogP contribution in [0.15, 0.2) is 0 Å². The third kappa shape index (κ3) is 29.3. The van der Waals surface area contributed by atoms with E-state index in [-0.39, 0.29) is 0 Å². The lowest BCUT2D eigenvalue weighted by molar-refractivity contribution is 0.248. The van der Waals surface area contributed by atoms with Gasteiger partial charge in [-0.1, -0.05) is 167 Å². The lowest BCUT2D eigenvalue weighted by Crippen LogP contribution is -2.29. The number of unbranched alkanes of at least 4 members (excludes halogenated alkanes) is 25. The van der Waals surface area contributed by atoms with Crippen LogP contribution in [-0.2, 0) is 0 Å². The lowest BCUT2D eigenvalue weighted by atomic mass is 10.0. The second-order valence-electron chi connectivity index (χ2n) is 10.1. The molecule has 3 N–H and O–H groups in total. The van der Waals surface area contributed by atoms with Crippen molar-refractivity contribution in [3.63, 3.8) is 0 Å². The van der Waals surface area contributed by atoms with Gasteiger partial charge in [0.05, 0.1) is 0 Å². The Labute approximate surface area is 202 Å². The number of carbonyl (C=O) groups excluding carboxylic acids is 1. The molecule has 0 rings (SSSR count). The Kier molecular flexibility index (Phi) is 27.7. The molecule has 0 saturated carbocycles. The highest BCUT2D eigenvalue weighted by Gasteiger charge is 1.96. The summed E-state index contributed by atoms with van der Waals surface area (Å²) < 4.78 is 0. The van der Waals surface area contributed by atoms with Crippen molar-refractivity contribution in [2.75, 3.05) is 6.54 Å². The van der Waals surface area contributed by atoms with E-state index in [0.717, 1.165) is 13.0 Å². The predicted octanol–water partition coefficient (Wildman–Crippen LogP) is 9.82. The van der Waals surface area contributed by atoms with Gasteiger partial charge in [-0.15, -0.1) is 0 Å². The van der Waals surface area contributed by atoms with E-state index in [2.05, 4.69) is 12.2 Å². The standard InChI is InChI=1S/C29H60N2O/c1-2-3-4-5-6-7-8-9-10-11-12-13-14-15-16-17-18-19-20-21-22-23-24-25-26-27-28-31-29(30)32/h2-28H2,1H3,(H3,30,31,32). The Balaban J connectivity index is 3.00. The minimum Gasteiger partial charge on any atom is -0.352 e. The largest absolute Gasteiger partial charge is 0.352 e. The van der Waals surface area contributed by atoms with Crippen LogP contribution in [-0.4, -0.2) is 12.6 Å². The molecule has 0 aromatic rings. The summed E-state index contributed by atoms with van der Waals surface area (Å²) in [5.74, 6) is 0. The monoisotopic (exact) mass is 452 g/mol. The first-order valence-corrected chi connectivity index (χ1v) is 14.8. The number of urea groups is 1. The minimum atomic E-state index is -0.399. The van der Waals surface area contributed by atoms with Gasteiger partial charge in [0, 0.05) is 6.54 Å². The fourth-order valence-electron chi connectivity index (χ4n) is 4.65. The molecule has 0 aromatic heterocycles. The predicted molar refractivity (Wildman–Crippen MR) is 143 cm³/mol. The molecule has 3 heteroatoms. The molecular weight excluding hydrogens is 392 g/mol. The van der Waals surface area contributed by atoms with Gasteiger partial charge in [-0.3, -0.25) is 0 Å². The summed E-state index contributed by atoms with van der Waals surface area (Å²) in [6, 6.07) is -0.399. The molecule has 0 unspecified atom stereocenters. The van der Waals surface area contributed by atoms with Gasteiger partial charge in [0.15, 0.2) is 0 Å². The molecule has 32 heavy (non-hydrogen) atoms. The molecule has 0 aliphatic carbocycles. The van der Waals surface area contributed by atoms with Gasteiger partial charge in [0.2, 0.25) is 0 Å². The topological polar surface area (TPSA) is 55.1 Å². The van der Waals surface area contributed by atoms with Gasteiger partial charge in [-0.25, -0.2) is 4.79 Å². The quantitative estimate of drug-likeness (QED) is 0.120. The van der Waals surface area contributed by atoms with Crippen molar-refractivity contribution in [2.24, 2.45) is 5.73 Å². The molecule has 0 spiro atoms. The lowest BCUT2D eigenvalue weighted by Gasteiger charge is -2.04. The van der Waals surface area contributed by atoms with E-state index in [9.17, 15) is 4.79 Å². The van der Waals surface area contributed by atoms with E-state index in [0.29, 0.717) is 0 Å². The highest BCUT2D eigenvalue weighted by atomic mass is 16.2. The summed E-state index contributed by atoms with van der Waals surface area (Å²) in [6.45, 7) is 3.03. The minimum absolute atomic E-state index is 0.399. The Hall–Kier alpha value is -0.730. The van der Waals surface area contributed by atoms with Gasteiger partial charge in [0.25, 0.3) is 0 Å². The number of hydrogen-bond donors (Lipinski definition) is 2.